The number of benzene rings is 1. The first kappa shape index (κ1) is 16.8. The van der Waals surface area contributed by atoms with Crippen LogP contribution in [0.5, 0.6) is 5.75 Å². The molecular weight excluding hydrogens is 328 g/mol. The van der Waals surface area contributed by atoms with Crippen LogP contribution in [0, 0.1) is 0 Å². The Hall–Kier alpha value is -1.68. The van der Waals surface area contributed by atoms with Gasteiger partial charge in [0.25, 0.3) is 0 Å². The Morgan fingerprint density at radius 2 is 2.04 bits per heavy atom. The summed E-state index contributed by atoms with van der Waals surface area (Å²) in [6.07, 6.45) is 13.3. The predicted molar refractivity (Wildman–Crippen MR) is 107 cm³/mol. The van der Waals surface area contributed by atoms with Crippen LogP contribution < -0.4 is 10.1 Å². The Morgan fingerprint density at radius 3 is 2.88 bits per heavy atom. The van der Waals surface area contributed by atoms with E-state index in [1.807, 2.05) is 17.8 Å². The van der Waals surface area contributed by atoms with E-state index in [4.69, 9.17) is 9.73 Å². The zero-order chi connectivity index (χ0) is 17.1. The number of hydrogen-bond acceptors (Lipinski definition) is 4. The van der Waals surface area contributed by atoms with E-state index in [0.29, 0.717) is 6.04 Å². The molecule has 0 radical (unpaired) electrons. The van der Waals surface area contributed by atoms with Gasteiger partial charge in [-0.15, -0.1) is 0 Å². The highest BCUT2D eigenvalue weighted by atomic mass is 32.2. The summed E-state index contributed by atoms with van der Waals surface area (Å²) in [5.41, 5.74) is 2.56. The highest BCUT2D eigenvalue weighted by molar-refractivity contribution is 8.17. The summed E-state index contributed by atoms with van der Waals surface area (Å²) in [7, 11) is 1.72. The molecule has 1 aliphatic heterocycles. The Bertz CT molecular complexity index is 716. The molecule has 1 heterocycles. The molecule has 2 aliphatic carbocycles. The molecule has 1 aromatic rings. The van der Waals surface area contributed by atoms with Crippen LogP contribution in [0.2, 0.25) is 0 Å². The van der Waals surface area contributed by atoms with Crippen LogP contribution in [0.15, 0.2) is 46.3 Å². The normalized spacial score (nSPS) is 23.9. The van der Waals surface area contributed by atoms with Crippen molar-refractivity contribution >= 4 is 22.5 Å². The summed E-state index contributed by atoms with van der Waals surface area (Å²) in [6.45, 7) is 0. The van der Waals surface area contributed by atoms with Gasteiger partial charge in [-0.3, -0.25) is 4.99 Å². The molecule has 1 fully saturated rings. The van der Waals surface area contributed by atoms with Gasteiger partial charge in [0, 0.05) is 12.5 Å². The SMILES string of the molecule is COc1cccc(C2=CCC=C3CC2N=C(NC2CCCCC2)S3)c1. The van der Waals surface area contributed by atoms with E-state index >= 15 is 0 Å². The molecule has 0 aromatic heterocycles. The molecule has 4 rings (SSSR count). The maximum Gasteiger partial charge on any atom is 0.161 e. The number of ether oxygens (including phenoxy) is 1. The Balaban J connectivity index is 1.57. The van der Waals surface area contributed by atoms with Crippen LogP contribution in [0.25, 0.3) is 5.57 Å². The van der Waals surface area contributed by atoms with Crippen molar-refractivity contribution in [2.24, 2.45) is 4.99 Å². The van der Waals surface area contributed by atoms with Crippen molar-refractivity contribution in [1.29, 1.82) is 0 Å². The molecule has 25 heavy (non-hydrogen) atoms. The van der Waals surface area contributed by atoms with Crippen molar-refractivity contribution in [2.75, 3.05) is 7.11 Å². The number of rotatable bonds is 3. The second-order valence-corrected chi connectivity index (χ2v) is 8.15. The van der Waals surface area contributed by atoms with Crippen LogP contribution in [0.1, 0.15) is 50.5 Å². The first-order valence-electron chi connectivity index (χ1n) is 9.37. The van der Waals surface area contributed by atoms with E-state index in [2.05, 4.69) is 35.7 Å². The van der Waals surface area contributed by atoms with Gasteiger partial charge in [0.05, 0.1) is 13.2 Å². The zero-order valence-electron chi connectivity index (χ0n) is 14.8. The summed E-state index contributed by atoms with van der Waals surface area (Å²) in [5, 5.41) is 4.84. The quantitative estimate of drug-likeness (QED) is 0.815. The molecule has 1 saturated carbocycles. The van der Waals surface area contributed by atoms with E-state index in [1.165, 1.54) is 48.1 Å². The van der Waals surface area contributed by atoms with Gasteiger partial charge in [-0.2, -0.15) is 0 Å². The van der Waals surface area contributed by atoms with Crippen molar-refractivity contribution in [3.63, 3.8) is 0 Å². The number of nitrogens with zero attached hydrogens (tertiary/aromatic N) is 1. The lowest BCUT2D eigenvalue weighted by molar-refractivity contribution is 0.414. The maximum atomic E-state index is 5.41. The lowest BCUT2D eigenvalue weighted by atomic mass is 9.95. The molecular formula is C21H26N2OS. The predicted octanol–water partition coefficient (Wildman–Crippen LogP) is 5.15. The van der Waals surface area contributed by atoms with Gasteiger partial charge in [0.1, 0.15) is 5.75 Å². The summed E-state index contributed by atoms with van der Waals surface area (Å²) >= 11 is 1.84. The van der Waals surface area contributed by atoms with Crippen LogP contribution in [0.4, 0.5) is 0 Å². The lowest BCUT2D eigenvalue weighted by Gasteiger charge is -2.28. The third-order valence-corrected chi connectivity index (χ3v) is 6.29. The molecule has 132 valence electrons. The van der Waals surface area contributed by atoms with Gasteiger partial charge in [0.2, 0.25) is 0 Å². The summed E-state index contributed by atoms with van der Waals surface area (Å²) in [5.74, 6) is 0.908. The summed E-state index contributed by atoms with van der Waals surface area (Å²) in [6, 6.07) is 9.18. The Kier molecular flexibility index (Phi) is 5.16. The van der Waals surface area contributed by atoms with E-state index in [1.54, 1.807) is 7.11 Å². The standard InChI is InChI=1S/C21H26N2OS/c1-24-17-10-5-7-15(13-17)19-12-6-11-18-14-20(19)23-21(25-18)22-16-8-3-2-4-9-16/h5,7,10-13,16,20H,2-4,6,8-9,14H2,1H3,(H,22,23). The van der Waals surface area contributed by atoms with Crippen molar-refractivity contribution in [1.82, 2.24) is 5.32 Å². The molecule has 0 saturated heterocycles. The molecule has 1 N–H and O–H groups in total. The van der Waals surface area contributed by atoms with E-state index < -0.39 is 0 Å². The molecule has 3 nitrogen and oxygen atoms in total. The monoisotopic (exact) mass is 354 g/mol. The average molecular weight is 355 g/mol. The third kappa shape index (κ3) is 3.95. The Morgan fingerprint density at radius 1 is 1.16 bits per heavy atom. The maximum absolute atomic E-state index is 5.41. The number of methoxy groups -OCH3 is 1. The fourth-order valence-electron chi connectivity index (χ4n) is 3.93. The molecule has 0 spiro atoms. The minimum absolute atomic E-state index is 0.216. The van der Waals surface area contributed by atoms with Gasteiger partial charge in [-0.1, -0.05) is 55.3 Å². The first-order chi connectivity index (χ1) is 12.3. The van der Waals surface area contributed by atoms with Crippen molar-refractivity contribution in [3.05, 3.63) is 46.9 Å². The van der Waals surface area contributed by atoms with Crippen LogP contribution >= 0.6 is 11.8 Å². The van der Waals surface area contributed by atoms with Crippen molar-refractivity contribution < 1.29 is 4.74 Å². The highest BCUT2D eigenvalue weighted by Crippen LogP contribution is 2.38. The first-order valence-corrected chi connectivity index (χ1v) is 10.2. The number of allylic oxidation sites excluding steroid dienone is 2. The minimum Gasteiger partial charge on any atom is -0.497 e. The molecule has 3 aliphatic rings. The zero-order valence-corrected chi connectivity index (χ0v) is 15.6. The van der Waals surface area contributed by atoms with E-state index in [0.717, 1.165) is 23.8 Å². The second kappa shape index (κ2) is 7.69. The molecule has 4 heteroatoms. The molecule has 1 aromatic carbocycles. The topological polar surface area (TPSA) is 33.6 Å². The van der Waals surface area contributed by atoms with E-state index in [9.17, 15) is 0 Å². The molecule has 0 amide bonds. The van der Waals surface area contributed by atoms with Gasteiger partial charge in [0.15, 0.2) is 5.17 Å². The minimum atomic E-state index is 0.216. The largest absolute Gasteiger partial charge is 0.497 e. The van der Waals surface area contributed by atoms with Crippen molar-refractivity contribution in [3.8, 4) is 5.75 Å². The number of thioether (sulfide) groups is 1. The van der Waals surface area contributed by atoms with Crippen molar-refractivity contribution in [2.45, 2.75) is 57.0 Å². The van der Waals surface area contributed by atoms with Crippen LogP contribution in [0.3, 0.4) is 0 Å². The van der Waals surface area contributed by atoms with Gasteiger partial charge in [-0.25, -0.2) is 0 Å². The number of hydrogen-bond donors (Lipinski definition) is 1. The molecule has 1 atom stereocenters. The summed E-state index contributed by atoms with van der Waals surface area (Å²) in [4.78, 5) is 6.54. The van der Waals surface area contributed by atoms with Crippen LogP contribution in [-0.2, 0) is 0 Å². The van der Waals surface area contributed by atoms with Gasteiger partial charge >= 0.3 is 0 Å². The van der Waals surface area contributed by atoms with Crippen LogP contribution in [-0.4, -0.2) is 24.4 Å². The molecule has 1 unspecified atom stereocenters. The second-order valence-electron chi connectivity index (χ2n) is 7.03. The van der Waals surface area contributed by atoms with Gasteiger partial charge < -0.3 is 10.1 Å². The Labute approximate surface area is 154 Å². The highest BCUT2D eigenvalue weighted by Gasteiger charge is 2.27. The number of aliphatic imine (C=N–C) groups is 1. The number of nitrogens with one attached hydrogen (secondary N) is 1. The number of amidine groups is 1. The fourth-order valence-corrected chi connectivity index (χ4v) is 5.00. The van der Waals surface area contributed by atoms with E-state index in [-0.39, 0.29) is 6.04 Å². The van der Waals surface area contributed by atoms with Gasteiger partial charge in [-0.05, 0) is 47.4 Å². The smallest absolute Gasteiger partial charge is 0.161 e. The molecule has 2 bridgehead atoms. The third-order valence-electron chi connectivity index (χ3n) is 5.27. The average Bonchev–Trinajstić information content (AvgIpc) is 2.80. The number of fused-ring (bicyclic) bond motifs is 2. The lowest BCUT2D eigenvalue weighted by Crippen LogP contribution is -2.36. The fraction of sp³-hybridized carbons (Fsp3) is 0.476. The summed E-state index contributed by atoms with van der Waals surface area (Å²) < 4.78 is 5.41.